The van der Waals surface area contributed by atoms with E-state index < -0.39 is 0 Å². The fraction of sp³-hybridized carbons (Fsp3) is 0.190. The molecule has 2 N–H and O–H groups in total. The van der Waals surface area contributed by atoms with Gasteiger partial charge in [-0.3, -0.25) is 4.79 Å². The summed E-state index contributed by atoms with van der Waals surface area (Å²) in [5.74, 6) is -0.275. The van der Waals surface area contributed by atoms with Crippen LogP contribution in [0.25, 0.3) is 10.8 Å². The second-order valence-corrected chi connectivity index (χ2v) is 6.32. The molecule has 0 radical (unpaired) electrons. The first-order valence-electron chi connectivity index (χ1n) is 8.27. The van der Waals surface area contributed by atoms with E-state index in [4.69, 9.17) is 0 Å². The predicted molar refractivity (Wildman–Crippen MR) is 101 cm³/mol. The van der Waals surface area contributed by atoms with Gasteiger partial charge in [-0.25, -0.2) is 0 Å². The number of likely N-dealkylation sites (N-methyl/N-ethyl adjacent to an activating group) is 1. The molecular weight excluding hydrogens is 312 g/mol. The number of hydrogen-bond donors (Lipinski definition) is 2. The SMILES string of the molecule is CN(C)[C@H](CNC(=O)c1cc2ccccc2cc1O)c1ccccc1. The van der Waals surface area contributed by atoms with E-state index in [9.17, 15) is 9.90 Å². The number of fused-ring (bicyclic) bond motifs is 1. The molecule has 1 amide bonds. The highest BCUT2D eigenvalue weighted by atomic mass is 16.3. The summed E-state index contributed by atoms with van der Waals surface area (Å²) in [6.45, 7) is 0.460. The molecule has 4 nitrogen and oxygen atoms in total. The number of carbonyl (C=O) groups is 1. The van der Waals surface area contributed by atoms with E-state index in [1.54, 1.807) is 12.1 Å². The van der Waals surface area contributed by atoms with E-state index in [0.29, 0.717) is 12.1 Å². The molecule has 0 unspecified atom stereocenters. The lowest BCUT2D eigenvalue weighted by molar-refractivity contribution is 0.0939. The summed E-state index contributed by atoms with van der Waals surface area (Å²) < 4.78 is 0. The number of carbonyl (C=O) groups excluding carboxylic acids is 1. The lowest BCUT2D eigenvalue weighted by Gasteiger charge is -2.25. The summed E-state index contributed by atoms with van der Waals surface area (Å²) in [7, 11) is 3.97. The minimum Gasteiger partial charge on any atom is -0.507 e. The van der Waals surface area contributed by atoms with Gasteiger partial charge in [-0.1, -0.05) is 54.6 Å². The molecule has 25 heavy (non-hydrogen) atoms. The minimum absolute atomic E-state index is 0.00249. The molecule has 4 heteroatoms. The first kappa shape index (κ1) is 17.0. The van der Waals surface area contributed by atoms with E-state index in [0.717, 1.165) is 16.3 Å². The molecule has 0 aliphatic rings. The Kier molecular flexibility index (Phi) is 5.00. The van der Waals surface area contributed by atoms with Crippen LogP contribution < -0.4 is 5.32 Å². The van der Waals surface area contributed by atoms with Gasteiger partial charge in [-0.15, -0.1) is 0 Å². The Morgan fingerprint density at radius 1 is 1.00 bits per heavy atom. The topological polar surface area (TPSA) is 52.6 Å². The maximum Gasteiger partial charge on any atom is 0.255 e. The van der Waals surface area contributed by atoms with Gasteiger partial charge in [-0.05, 0) is 42.6 Å². The van der Waals surface area contributed by atoms with Crippen molar-refractivity contribution in [3.8, 4) is 5.75 Å². The van der Waals surface area contributed by atoms with Gasteiger partial charge in [0.2, 0.25) is 0 Å². The van der Waals surface area contributed by atoms with Crippen LogP contribution in [0.15, 0.2) is 66.7 Å². The average molecular weight is 334 g/mol. The van der Waals surface area contributed by atoms with Crippen LogP contribution in [-0.4, -0.2) is 36.6 Å². The van der Waals surface area contributed by atoms with Crippen molar-refractivity contribution in [1.29, 1.82) is 0 Å². The number of phenols is 1. The number of rotatable bonds is 5. The summed E-state index contributed by atoms with van der Waals surface area (Å²) >= 11 is 0. The van der Waals surface area contributed by atoms with Crippen LogP contribution >= 0.6 is 0 Å². The molecular formula is C21H22N2O2. The van der Waals surface area contributed by atoms with Crippen LogP contribution in [0.1, 0.15) is 22.0 Å². The molecule has 0 aromatic heterocycles. The zero-order valence-corrected chi connectivity index (χ0v) is 14.4. The third-order valence-corrected chi connectivity index (χ3v) is 4.37. The summed E-state index contributed by atoms with van der Waals surface area (Å²) in [5, 5.41) is 15.0. The van der Waals surface area contributed by atoms with Crippen LogP contribution in [0, 0.1) is 0 Å². The number of nitrogens with one attached hydrogen (secondary N) is 1. The molecule has 0 aliphatic heterocycles. The number of benzene rings is 3. The van der Waals surface area contributed by atoms with Crippen molar-refractivity contribution >= 4 is 16.7 Å². The Morgan fingerprint density at radius 2 is 1.60 bits per heavy atom. The molecule has 3 aromatic rings. The second kappa shape index (κ2) is 7.36. The molecule has 3 aromatic carbocycles. The molecule has 1 atom stereocenters. The Labute approximate surface area is 147 Å². The van der Waals surface area contributed by atoms with Crippen LogP contribution in [0.4, 0.5) is 0 Å². The van der Waals surface area contributed by atoms with Crippen LogP contribution in [0.3, 0.4) is 0 Å². The maximum absolute atomic E-state index is 12.6. The maximum atomic E-state index is 12.6. The number of nitrogens with zero attached hydrogens (tertiary/aromatic N) is 1. The molecule has 128 valence electrons. The number of phenolic OH excluding ortho intramolecular Hbond substituents is 1. The number of amides is 1. The van der Waals surface area contributed by atoms with E-state index in [-0.39, 0.29) is 17.7 Å². The highest BCUT2D eigenvalue weighted by Crippen LogP contribution is 2.25. The van der Waals surface area contributed by atoms with Gasteiger partial charge in [0.1, 0.15) is 5.75 Å². The van der Waals surface area contributed by atoms with Gasteiger partial charge >= 0.3 is 0 Å². The molecule has 0 fully saturated rings. The molecule has 0 saturated carbocycles. The monoisotopic (exact) mass is 334 g/mol. The Morgan fingerprint density at radius 3 is 2.24 bits per heavy atom. The highest BCUT2D eigenvalue weighted by molar-refractivity contribution is 6.01. The number of hydrogen-bond acceptors (Lipinski definition) is 3. The van der Waals surface area contributed by atoms with Crippen molar-refractivity contribution in [3.05, 3.63) is 77.9 Å². The quantitative estimate of drug-likeness (QED) is 0.750. The largest absolute Gasteiger partial charge is 0.507 e. The van der Waals surface area contributed by atoms with Crippen LogP contribution in [0.5, 0.6) is 5.75 Å². The Balaban J connectivity index is 1.79. The number of aromatic hydroxyl groups is 1. The Bertz CT molecular complexity index is 875. The standard InChI is InChI=1S/C21H22N2O2/c1-23(2)19(15-8-4-3-5-9-15)14-22-21(25)18-12-16-10-6-7-11-17(16)13-20(18)24/h3-13,19,24H,14H2,1-2H3,(H,22,25)/t19-/m1/s1. The van der Waals surface area contributed by atoms with Gasteiger partial charge in [0, 0.05) is 6.54 Å². The summed E-state index contributed by atoms with van der Waals surface area (Å²) in [5.41, 5.74) is 1.43. The fourth-order valence-corrected chi connectivity index (χ4v) is 2.97. The van der Waals surface area contributed by atoms with Crippen molar-refractivity contribution < 1.29 is 9.90 Å². The summed E-state index contributed by atoms with van der Waals surface area (Å²) in [4.78, 5) is 14.6. The minimum atomic E-state index is -0.272. The molecule has 3 rings (SSSR count). The zero-order valence-electron chi connectivity index (χ0n) is 14.4. The molecule has 0 bridgehead atoms. The van der Waals surface area contributed by atoms with E-state index in [1.165, 1.54) is 0 Å². The Hall–Kier alpha value is -2.85. The fourth-order valence-electron chi connectivity index (χ4n) is 2.97. The third kappa shape index (κ3) is 3.80. The average Bonchev–Trinajstić information content (AvgIpc) is 2.61. The van der Waals surface area contributed by atoms with Crippen LogP contribution in [0.2, 0.25) is 0 Å². The smallest absolute Gasteiger partial charge is 0.255 e. The predicted octanol–water partition coefficient (Wildman–Crippen LogP) is 3.58. The molecule has 0 spiro atoms. The normalized spacial score (nSPS) is 12.3. The first-order valence-corrected chi connectivity index (χ1v) is 8.27. The van der Waals surface area contributed by atoms with E-state index >= 15 is 0 Å². The highest BCUT2D eigenvalue weighted by Gasteiger charge is 2.17. The van der Waals surface area contributed by atoms with E-state index in [2.05, 4.69) is 10.2 Å². The van der Waals surface area contributed by atoms with Crippen molar-refractivity contribution in [1.82, 2.24) is 10.2 Å². The zero-order chi connectivity index (χ0) is 17.8. The van der Waals surface area contributed by atoms with Crippen molar-refractivity contribution in [2.24, 2.45) is 0 Å². The van der Waals surface area contributed by atoms with Crippen molar-refractivity contribution in [2.75, 3.05) is 20.6 Å². The molecule has 0 heterocycles. The second-order valence-electron chi connectivity index (χ2n) is 6.32. The van der Waals surface area contributed by atoms with Gasteiger partial charge in [0.15, 0.2) is 0 Å². The van der Waals surface area contributed by atoms with E-state index in [1.807, 2.05) is 68.7 Å². The van der Waals surface area contributed by atoms with Crippen LogP contribution in [-0.2, 0) is 0 Å². The summed E-state index contributed by atoms with van der Waals surface area (Å²) in [6.07, 6.45) is 0. The molecule has 0 saturated heterocycles. The van der Waals surface area contributed by atoms with Gasteiger partial charge in [-0.2, -0.15) is 0 Å². The van der Waals surface area contributed by atoms with Gasteiger partial charge < -0.3 is 15.3 Å². The van der Waals surface area contributed by atoms with Crippen molar-refractivity contribution in [3.63, 3.8) is 0 Å². The van der Waals surface area contributed by atoms with Gasteiger partial charge in [0.25, 0.3) is 5.91 Å². The third-order valence-electron chi connectivity index (χ3n) is 4.37. The van der Waals surface area contributed by atoms with Gasteiger partial charge in [0.05, 0.1) is 11.6 Å². The summed E-state index contributed by atoms with van der Waals surface area (Å²) in [6, 6.07) is 21.1. The van der Waals surface area contributed by atoms with Crippen molar-refractivity contribution in [2.45, 2.75) is 6.04 Å². The lowest BCUT2D eigenvalue weighted by Crippen LogP contribution is -2.34. The molecule has 0 aliphatic carbocycles. The lowest BCUT2D eigenvalue weighted by atomic mass is 10.0. The first-order chi connectivity index (χ1) is 12.1.